The van der Waals surface area contributed by atoms with E-state index in [4.69, 9.17) is 4.74 Å². The number of aliphatic hydroxyl groups is 1. The van der Waals surface area contributed by atoms with Crippen molar-refractivity contribution in [3.8, 4) is 0 Å². The maximum Gasteiger partial charge on any atom is 0.227 e. The number of hydrogen-bond donors (Lipinski definition) is 1. The van der Waals surface area contributed by atoms with Crippen molar-refractivity contribution in [2.45, 2.75) is 25.0 Å². The zero-order valence-corrected chi connectivity index (χ0v) is 12.7. The van der Waals surface area contributed by atoms with E-state index in [1.165, 1.54) is 0 Å². The molecule has 22 heavy (non-hydrogen) atoms. The van der Waals surface area contributed by atoms with Crippen LogP contribution < -0.4 is 0 Å². The Kier molecular flexibility index (Phi) is 4.41. The Bertz CT molecular complexity index is 665. The maximum atomic E-state index is 12.6. The van der Waals surface area contributed by atoms with E-state index < -0.39 is 0 Å². The molecule has 1 aliphatic heterocycles. The number of ether oxygens (including phenoxy) is 1. The number of fused-ring (bicyclic) bond motifs is 1. The first-order valence-electron chi connectivity index (χ1n) is 7.62. The minimum absolute atomic E-state index is 0.0128. The summed E-state index contributed by atoms with van der Waals surface area (Å²) >= 11 is 0. The van der Waals surface area contributed by atoms with Crippen LogP contribution in [-0.4, -0.2) is 48.3 Å². The van der Waals surface area contributed by atoms with Gasteiger partial charge in [-0.2, -0.15) is 0 Å². The van der Waals surface area contributed by atoms with Crippen LogP contribution in [0.15, 0.2) is 42.5 Å². The first kappa shape index (κ1) is 15.0. The minimum atomic E-state index is -0.132. The van der Waals surface area contributed by atoms with Gasteiger partial charge in [-0.05, 0) is 22.8 Å². The number of nitrogens with zero attached hydrogens (tertiary/aromatic N) is 1. The van der Waals surface area contributed by atoms with Crippen molar-refractivity contribution in [3.05, 3.63) is 48.0 Å². The van der Waals surface area contributed by atoms with Crippen molar-refractivity contribution in [2.24, 2.45) is 0 Å². The van der Waals surface area contributed by atoms with Gasteiger partial charge in [0.2, 0.25) is 5.91 Å². The Labute approximate surface area is 130 Å². The smallest absolute Gasteiger partial charge is 0.227 e. The zero-order valence-electron chi connectivity index (χ0n) is 12.7. The van der Waals surface area contributed by atoms with Gasteiger partial charge in [0.25, 0.3) is 0 Å². The van der Waals surface area contributed by atoms with E-state index in [1.54, 1.807) is 12.0 Å². The number of aliphatic hydroxyl groups excluding tert-OH is 1. The van der Waals surface area contributed by atoms with E-state index in [1.807, 2.05) is 30.3 Å². The van der Waals surface area contributed by atoms with Gasteiger partial charge in [0.05, 0.1) is 25.2 Å². The second kappa shape index (κ2) is 6.46. The van der Waals surface area contributed by atoms with E-state index in [-0.39, 0.29) is 24.7 Å². The monoisotopic (exact) mass is 299 g/mol. The van der Waals surface area contributed by atoms with Crippen LogP contribution in [0, 0.1) is 0 Å². The molecule has 0 saturated carbocycles. The maximum absolute atomic E-state index is 12.6. The standard InChI is InChI=1S/C18H21NO3/c1-22-16-10-15(12-20)19(11-16)18(21)9-14-7-4-6-13-5-2-3-8-17(13)14/h2-8,15-16,20H,9-12H2,1H3/t15-,16+/m0/s1. The number of hydrogen-bond acceptors (Lipinski definition) is 3. The number of carbonyl (C=O) groups is 1. The Morgan fingerprint density at radius 3 is 2.82 bits per heavy atom. The molecule has 2 atom stereocenters. The molecular formula is C18H21NO3. The van der Waals surface area contributed by atoms with Crippen molar-refractivity contribution < 1.29 is 14.6 Å². The molecule has 2 aromatic rings. The molecule has 0 aliphatic carbocycles. The molecule has 1 amide bonds. The van der Waals surface area contributed by atoms with Gasteiger partial charge in [-0.15, -0.1) is 0 Å². The summed E-state index contributed by atoms with van der Waals surface area (Å²) in [5.74, 6) is 0.0509. The average Bonchev–Trinajstić information content (AvgIpc) is 2.99. The molecule has 2 aromatic carbocycles. The number of carbonyl (C=O) groups excluding carboxylic acids is 1. The van der Waals surface area contributed by atoms with Gasteiger partial charge < -0.3 is 14.7 Å². The van der Waals surface area contributed by atoms with Crippen LogP contribution in [0.1, 0.15) is 12.0 Å². The van der Waals surface area contributed by atoms with Crippen molar-refractivity contribution in [3.63, 3.8) is 0 Å². The molecule has 116 valence electrons. The van der Waals surface area contributed by atoms with Gasteiger partial charge in [-0.25, -0.2) is 0 Å². The molecule has 3 rings (SSSR count). The van der Waals surface area contributed by atoms with Gasteiger partial charge in [-0.1, -0.05) is 42.5 Å². The summed E-state index contributed by atoms with van der Waals surface area (Å²) in [4.78, 5) is 14.4. The molecule has 0 unspecified atom stereocenters. The van der Waals surface area contributed by atoms with E-state index in [9.17, 15) is 9.90 Å². The highest BCUT2D eigenvalue weighted by atomic mass is 16.5. The molecule has 4 nitrogen and oxygen atoms in total. The molecule has 0 bridgehead atoms. The van der Waals surface area contributed by atoms with Crippen LogP contribution in [0.5, 0.6) is 0 Å². The molecule has 1 heterocycles. The van der Waals surface area contributed by atoms with Crippen LogP contribution in [0.2, 0.25) is 0 Å². The third-order valence-electron chi connectivity index (χ3n) is 4.46. The molecule has 1 fully saturated rings. The van der Waals surface area contributed by atoms with Gasteiger partial charge >= 0.3 is 0 Å². The first-order valence-corrected chi connectivity index (χ1v) is 7.62. The summed E-state index contributed by atoms with van der Waals surface area (Å²) in [5.41, 5.74) is 1.03. The predicted octanol–water partition coefficient (Wildman–Crippen LogP) is 1.99. The van der Waals surface area contributed by atoms with Crippen molar-refractivity contribution in [1.82, 2.24) is 4.90 Å². The fourth-order valence-electron chi connectivity index (χ4n) is 3.23. The normalized spacial score (nSPS) is 21.5. The Balaban J connectivity index is 1.81. The van der Waals surface area contributed by atoms with E-state index >= 15 is 0 Å². The molecular weight excluding hydrogens is 278 g/mol. The molecule has 0 radical (unpaired) electrons. The highest BCUT2D eigenvalue weighted by Gasteiger charge is 2.34. The van der Waals surface area contributed by atoms with Crippen LogP contribution in [-0.2, 0) is 16.0 Å². The molecule has 0 aromatic heterocycles. The number of likely N-dealkylation sites (tertiary alicyclic amines) is 1. The lowest BCUT2D eigenvalue weighted by atomic mass is 10.0. The van der Waals surface area contributed by atoms with Gasteiger partial charge in [0.1, 0.15) is 0 Å². The fourth-order valence-corrected chi connectivity index (χ4v) is 3.23. The third kappa shape index (κ3) is 2.85. The van der Waals surface area contributed by atoms with Crippen molar-refractivity contribution in [1.29, 1.82) is 0 Å². The average molecular weight is 299 g/mol. The SMILES string of the molecule is CO[C@@H]1C[C@@H](CO)N(C(=O)Cc2cccc3ccccc23)C1. The van der Waals surface area contributed by atoms with Gasteiger partial charge in [0, 0.05) is 13.7 Å². The van der Waals surface area contributed by atoms with Gasteiger partial charge in [-0.3, -0.25) is 4.79 Å². The fraction of sp³-hybridized carbons (Fsp3) is 0.389. The van der Waals surface area contributed by atoms with E-state index in [0.717, 1.165) is 16.3 Å². The van der Waals surface area contributed by atoms with Crippen molar-refractivity contribution in [2.75, 3.05) is 20.3 Å². The topological polar surface area (TPSA) is 49.8 Å². The van der Waals surface area contributed by atoms with Crippen LogP contribution in [0.25, 0.3) is 10.8 Å². The number of rotatable bonds is 4. The van der Waals surface area contributed by atoms with E-state index in [2.05, 4.69) is 12.1 Å². The zero-order chi connectivity index (χ0) is 15.5. The number of amides is 1. The molecule has 1 N–H and O–H groups in total. The lowest BCUT2D eigenvalue weighted by Gasteiger charge is -2.23. The summed E-state index contributed by atoms with van der Waals surface area (Å²) in [6.07, 6.45) is 1.08. The van der Waals surface area contributed by atoms with Crippen LogP contribution >= 0.6 is 0 Å². The first-order chi connectivity index (χ1) is 10.7. The second-order valence-electron chi connectivity index (χ2n) is 5.79. The highest BCUT2D eigenvalue weighted by molar-refractivity contribution is 5.90. The molecule has 0 spiro atoms. The lowest BCUT2D eigenvalue weighted by Crippen LogP contribution is -2.39. The van der Waals surface area contributed by atoms with Gasteiger partial charge in [0.15, 0.2) is 0 Å². The molecule has 4 heteroatoms. The van der Waals surface area contributed by atoms with Crippen molar-refractivity contribution >= 4 is 16.7 Å². The third-order valence-corrected chi connectivity index (χ3v) is 4.46. The Morgan fingerprint density at radius 1 is 1.27 bits per heavy atom. The molecule has 1 aliphatic rings. The highest BCUT2D eigenvalue weighted by Crippen LogP contribution is 2.23. The van der Waals surface area contributed by atoms with Crippen LogP contribution in [0.4, 0.5) is 0 Å². The summed E-state index contributed by atoms with van der Waals surface area (Å²) in [6, 6.07) is 14.0. The van der Waals surface area contributed by atoms with E-state index in [0.29, 0.717) is 19.4 Å². The predicted molar refractivity (Wildman–Crippen MR) is 85.7 cm³/mol. The second-order valence-corrected chi connectivity index (χ2v) is 5.79. The quantitative estimate of drug-likeness (QED) is 0.939. The largest absolute Gasteiger partial charge is 0.394 e. The summed E-state index contributed by atoms with van der Waals surface area (Å²) in [7, 11) is 1.65. The number of benzene rings is 2. The summed E-state index contributed by atoms with van der Waals surface area (Å²) in [6.45, 7) is 0.548. The Hall–Kier alpha value is -1.91. The Morgan fingerprint density at radius 2 is 2.05 bits per heavy atom. The van der Waals surface area contributed by atoms with Crippen LogP contribution in [0.3, 0.4) is 0 Å². The minimum Gasteiger partial charge on any atom is -0.394 e. The molecule has 1 saturated heterocycles. The lowest BCUT2D eigenvalue weighted by molar-refractivity contribution is -0.132. The number of methoxy groups -OCH3 is 1. The summed E-state index contributed by atoms with van der Waals surface area (Å²) < 4.78 is 5.34. The summed E-state index contributed by atoms with van der Waals surface area (Å²) in [5, 5.41) is 11.7.